The van der Waals surface area contributed by atoms with Crippen molar-refractivity contribution in [2.75, 3.05) is 43.0 Å². The predicted molar refractivity (Wildman–Crippen MR) is 118 cm³/mol. The van der Waals surface area contributed by atoms with E-state index in [0.717, 1.165) is 49.9 Å². The number of urea groups is 1. The summed E-state index contributed by atoms with van der Waals surface area (Å²) < 4.78 is 7.45. The number of nitrogens with one attached hydrogen (secondary N) is 1. The van der Waals surface area contributed by atoms with Gasteiger partial charge in [0.05, 0.1) is 12.3 Å². The van der Waals surface area contributed by atoms with Crippen molar-refractivity contribution in [3.63, 3.8) is 0 Å². The van der Waals surface area contributed by atoms with E-state index in [1.54, 1.807) is 0 Å². The lowest BCUT2D eigenvalue weighted by atomic mass is 10.0. The Morgan fingerprint density at radius 1 is 1.06 bits per heavy atom. The van der Waals surface area contributed by atoms with Crippen LogP contribution in [-0.4, -0.2) is 63.5 Å². The highest BCUT2D eigenvalue weighted by molar-refractivity contribution is 5.91. The Balaban J connectivity index is 1.23. The SMILES string of the molecule is CCOc1ccccc1NC(=O)N1CC2CN(c3ccc4nnc(CC)n4n3)CC2C1. The Kier molecular flexibility index (Phi) is 5.09. The fraction of sp³-hybridized carbons (Fsp3) is 0.455. The number of carbonyl (C=O) groups excluding carboxylic acids is 1. The predicted octanol–water partition coefficient (Wildman–Crippen LogP) is 2.69. The average molecular weight is 422 g/mol. The molecular weight excluding hydrogens is 394 g/mol. The van der Waals surface area contributed by atoms with Crippen molar-refractivity contribution < 1.29 is 9.53 Å². The summed E-state index contributed by atoms with van der Waals surface area (Å²) in [7, 11) is 0. The second-order valence-electron chi connectivity index (χ2n) is 8.12. The fourth-order valence-electron chi connectivity index (χ4n) is 4.60. The van der Waals surface area contributed by atoms with E-state index in [4.69, 9.17) is 9.84 Å². The van der Waals surface area contributed by atoms with Crippen LogP contribution >= 0.6 is 0 Å². The molecule has 0 aliphatic carbocycles. The Hall–Kier alpha value is -3.36. The largest absolute Gasteiger partial charge is 0.492 e. The molecule has 0 spiro atoms. The topological polar surface area (TPSA) is 87.9 Å². The summed E-state index contributed by atoms with van der Waals surface area (Å²) >= 11 is 0. The molecule has 0 bridgehead atoms. The van der Waals surface area contributed by atoms with E-state index in [2.05, 4.69) is 27.3 Å². The Bertz CT molecular complexity index is 1080. The van der Waals surface area contributed by atoms with Gasteiger partial charge >= 0.3 is 6.03 Å². The molecule has 2 saturated heterocycles. The van der Waals surface area contributed by atoms with Crippen molar-refractivity contribution >= 4 is 23.2 Å². The van der Waals surface area contributed by atoms with Crippen LogP contribution in [0.3, 0.4) is 0 Å². The molecule has 0 radical (unpaired) electrons. The molecule has 5 rings (SSSR count). The van der Waals surface area contributed by atoms with Gasteiger partial charge in [-0.3, -0.25) is 0 Å². The number of likely N-dealkylation sites (tertiary alicyclic amines) is 1. The number of hydrogen-bond donors (Lipinski definition) is 1. The molecule has 9 heteroatoms. The molecule has 2 aromatic heterocycles. The standard InChI is InChI=1S/C22H27N7O2/c1-3-19-24-25-20-9-10-21(26-29(19)20)27-11-15-13-28(14-16(15)12-27)22(30)23-17-7-5-6-8-18(17)31-4-2/h5-10,15-16H,3-4,11-14H2,1-2H3,(H,23,30). The number of fused-ring (bicyclic) bond motifs is 2. The number of rotatable bonds is 5. The number of ether oxygens (including phenoxy) is 1. The third-order valence-corrected chi connectivity index (χ3v) is 6.16. The van der Waals surface area contributed by atoms with E-state index in [9.17, 15) is 4.79 Å². The molecule has 162 valence electrons. The van der Waals surface area contributed by atoms with E-state index in [1.807, 2.05) is 52.7 Å². The van der Waals surface area contributed by atoms with E-state index < -0.39 is 0 Å². The summed E-state index contributed by atoms with van der Waals surface area (Å²) in [6.45, 7) is 7.84. The van der Waals surface area contributed by atoms with E-state index in [1.165, 1.54) is 0 Å². The Morgan fingerprint density at radius 2 is 1.84 bits per heavy atom. The van der Waals surface area contributed by atoms with Crippen LogP contribution in [0.1, 0.15) is 19.7 Å². The second kappa shape index (κ2) is 8.05. The van der Waals surface area contributed by atoms with Crippen LogP contribution in [0, 0.1) is 11.8 Å². The normalized spacial score (nSPS) is 20.3. The maximum atomic E-state index is 12.9. The lowest BCUT2D eigenvalue weighted by Crippen LogP contribution is -2.36. The van der Waals surface area contributed by atoms with Gasteiger partial charge in [-0.1, -0.05) is 19.1 Å². The minimum absolute atomic E-state index is 0.0651. The Morgan fingerprint density at radius 3 is 2.58 bits per heavy atom. The van der Waals surface area contributed by atoms with Crippen molar-refractivity contribution in [1.82, 2.24) is 24.7 Å². The number of carbonyl (C=O) groups is 1. The lowest BCUT2D eigenvalue weighted by molar-refractivity contribution is 0.219. The maximum absolute atomic E-state index is 12.9. The first kappa shape index (κ1) is 19.6. The van der Waals surface area contributed by atoms with E-state index >= 15 is 0 Å². The molecule has 2 amide bonds. The number of hydrogen-bond acceptors (Lipinski definition) is 6. The molecule has 9 nitrogen and oxygen atoms in total. The summed E-state index contributed by atoms with van der Waals surface area (Å²) in [6.07, 6.45) is 0.791. The third-order valence-electron chi connectivity index (χ3n) is 6.16. The zero-order valence-corrected chi connectivity index (χ0v) is 17.9. The molecule has 2 aliphatic heterocycles. The number of aryl methyl sites for hydroxylation is 1. The van der Waals surface area contributed by atoms with Gasteiger partial charge in [0.1, 0.15) is 11.6 Å². The first-order valence-electron chi connectivity index (χ1n) is 10.9. The van der Waals surface area contributed by atoms with Crippen molar-refractivity contribution in [3.8, 4) is 5.75 Å². The lowest BCUT2D eigenvalue weighted by Gasteiger charge is -2.23. The van der Waals surface area contributed by atoms with Gasteiger partial charge in [-0.2, -0.15) is 4.52 Å². The van der Waals surface area contributed by atoms with Crippen LogP contribution in [0.2, 0.25) is 0 Å². The Labute approximate surface area is 181 Å². The molecule has 0 saturated carbocycles. The first-order valence-corrected chi connectivity index (χ1v) is 10.9. The number of amides is 2. The molecule has 2 aliphatic rings. The van der Waals surface area contributed by atoms with Crippen LogP contribution in [0.15, 0.2) is 36.4 Å². The molecule has 31 heavy (non-hydrogen) atoms. The summed E-state index contributed by atoms with van der Waals surface area (Å²) in [6, 6.07) is 11.5. The van der Waals surface area contributed by atoms with Gasteiger partial charge in [-0.15, -0.1) is 15.3 Å². The van der Waals surface area contributed by atoms with Crippen molar-refractivity contribution in [1.29, 1.82) is 0 Å². The van der Waals surface area contributed by atoms with Crippen LogP contribution in [0.4, 0.5) is 16.3 Å². The van der Waals surface area contributed by atoms with Crippen molar-refractivity contribution in [2.24, 2.45) is 11.8 Å². The monoisotopic (exact) mass is 421 g/mol. The number of benzene rings is 1. The molecule has 1 aromatic carbocycles. The average Bonchev–Trinajstić information content (AvgIpc) is 3.47. The summed E-state index contributed by atoms with van der Waals surface area (Å²) in [5, 5.41) is 16.1. The zero-order chi connectivity index (χ0) is 21.4. The van der Waals surface area contributed by atoms with Gasteiger partial charge in [0.2, 0.25) is 0 Å². The first-order chi connectivity index (χ1) is 15.2. The number of aromatic nitrogens is 4. The van der Waals surface area contributed by atoms with E-state index in [-0.39, 0.29) is 6.03 Å². The molecular formula is C22H27N7O2. The molecule has 1 N–H and O–H groups in total. The van der Waals surface area contributed by atoms with Crippen molar-refractivity contribution in [2.45, 2.75) is 20.3 Å². The third kappa shape index (κ3) is 3.64. The highest BCUT2D eigenvalue weighted by atomic mass is 16.5. The zero-order valence-electron chi connectivity index (χ0n) is 17.9. The number of para-hydroxylation sites is 2. The van der Waals surface area contributed by atoms with Crippen LogP contribution < -0.4 is 15.0 Å². The summed E-state index contributed by atoms with van der Waals surface area (Å²) in [5.41, 5.74) is 1.49. The highest BCUT2D eigenvalue weighted by Crippen LogP contribution is 2.34. The quantitative estimate of drug-likeness (QED) is 0.682. The fourth-order valence-corrected chi connectivity index (χ4v) is 4.60. The van der Waals surface area contributed by atoms with Gasteiger partial charge in [0, 0.05) is 44.4 Å². The van der Waals surface area contributed by atoms with E-state index in [0.29, 0.717) is 29.9 Å². The van der Waals surface area contributed by atoms with Gasteiger partial charge in [0.25, 0.3) is 0 Å². The minimum Gasteiger partial charge on any atom is -0.492 e. The minimum atomic E-state index is -0.0651. The summed E-state index contributed by atoms with van der Waals surface area (Å²) in [5.74, 6) is 3.39. The molecule has 3 aromatic rings. The van der Waals surface area contributed by atoms with Crippen molar-refractivity contribution in [3.05, 3.63) is 42.2 Å². The van der Waals surface area contributed by atoms with Gasteiger partial charge in [0.15, 0.2) is 11.5 Å². The van der Waals surface area contributed by atoms with Crippen LogP contribution in [0.25, 0.3) is 5.65 Å². The summed E-state index contributed by atoms with van der Waals surface area (Å²) in [4.78, 5) is 17.1. The maximum Gasteiger partial charge on any atom is 0.321 e. The number of nitrogens with zero attached hydrogens (tertiary/aromatic N) is 6. The molecule has 2 unspecified atom stereocenters. The van der Waals surface area contributed by atoms with Crippen LogP contribution in [-0.2, 0) is 6.42 Å². The highest BCUT2D eigenvalue weighted by Gasteiger charge is 2.42. The molecule has 2 fully saturated rings. The number of anilines is 2. The van der Waals surface area contributed by atoms with Gasteiger partial charge in [-0.05, 0) is 31.2 Å². The smallest absolute Gasteiger partial charge is 0.321 e. The van der Waals surface area contributed by atoms with Crippen LogP contribution in [0.5, 0.6) is 5.75 Å². The molecule has 4 heterocycles. The van der Waals surface area contributed by atoms with Gasteiger partial charge < -0.3 is 19.9 Å². The molecule has 2 atom stereocenters. The second-order valence-corrected chi connectivity index (χ2v) is 8.12. The van der Waals surface area contributed by atoms with Gasteiger partial charge in [-0.25, -0.2) is 4.79 Å².